The predicted molar refractivity (Wildman–Crippen MR) is 102 cm³/mol. The van der Waals surface area contributed by atoms with Gasteiger partial charge in [-0.25, -0.2) is 4.98 Å². The summed E-state index contributed by atoms with van der Waals surface area (Å²) in [4.78, 5) is 23.0. The molecule has 0 radical (unpaired) electrons. The van der Waals surface area contributed by atoms with Crippen LogP contribution in [0.15, 0.2) is 30.3 Å². The number of rotatable bonds is 7. The lowest BCUT2D eigenvalue weighted by molar-refractivity contribution is -0.120. The van der Waals surface area contributed by atoms with Crippen molar-refractivity contribution in [2.24, 2.45) is 0 Å². The fourth-order valence-corrected chi connectivity index (χ4v) is 3.03. The highest BCUT2D eigenvalue weighted by Crippen LogP contribution is 2.21. The zero-order chi connectivity index (χ0) is 18.4. The maximum atomic E-state index is 12.0. The second-order valence-electron chi connectivity index (χ2n) is 6.31. The Labute approximate surface area is 158 Å². The first-order valence-corrected chi connectivity index (χ1v) is 9.22. The molecule has 3 rings (SSSR count). The maximum Gasteiger partial charge on any atom is 0.224 e. The van der Waals surface area contributed by atoms with Gasteiger partial charge in [0.05, 0.1) is 13.0 Å². The number of amides is 1. The van der Waals surface area contributed by atoms with Crippen molar-refractivity contribution in [2.75, 3.05) is 31.1 Å². The van der Waals surface area contributed by atoms with Gasteiger partial charge < -0.3 is 15.0 Å². The van der Waals surface area contributed by atoms with E-state index in [9.17, 15) is 4.79 Å². The lowest BCUT2D eigenvalue weighted by Crippen LogP contribution is -2.29. The van der Waals surface area contributed by atoms with Crippen molar-refractivity contribution in [3.8, 4) is 5.88 Å². The minimum Gasteiger partial charge on any atom is -0.476 e. The van der Waals surface area contributed by atoms with Crippen molar-refractivity contribution in [2.45, 2.75) is 26.2 Å². The summed E-state index contributed by atoms with van der Waals surface area (Å²) in [6.07, 6.45) is 2.71. The van der Waals surface area contributed by atoms with E-state index >= 15 is 0 Å². The van der Waals surface area contributed by atoms with Crippen LogP contribution >= 0.6 is 11.6 Å². The minimum absolute atomic E-state index is 0.0486. The van der Waals surface area contributed by atoms with Crippen molar-refractivity contribution >= 4 is 23.3 Å². The Hall–Kier alpha value is -2.34. The van der Waals surface area contributed by atoms with Crippen LogP contribution in [-0.4, -0.2) is 42.1 Å². The Balaban J connectivity index is 1.44. The van der Waals surface area contributed by atoms with Crippen LogP contribution in [0, 0.1) is 6.92 Å². The molecular formula is C19H23ClN4O2. The van der Waals surface area contributed by atoms with Gasteiger partial charge in [0.2, 0.25) is 11.8 Å². The van der Waals surface area contributed by atoms with Crippen LogP contribution < -0.4 is 15.0 Å². The molecule has 1 fully saturated rings. The van der Waals surface area contributed by atoms with Crippen molar-refractivity contribution in [3.05, 3.63) is 46.7 Å². The van der Waals surface area contributed by atoms with Gasteiger partial charge in [-0.3, -0.25) is 4.79 Å². The van der Waals surface area contributed by atoms with Gasteiger partial charge in [0.1, 0.15) is 18.2 Å². The molecule has 0 spiro atoms. The topological polar surface area (TPSA) is 67.3 Å². The summed E-state index contributed by atoms with van der Waals surface area (Å²) >= 11 is 5.84. The van der Waals surface area contributed by atoms with Crippen LogP contribution in [0.1, 0.15) is 24.2 Å². The molecule has 1 aliphatic rings. The molecule has 26 heavy (non-hydrogen) atoms. The monoisotopic (exact) mass is 374 g/mol. The highest BCUT2D eigenvalue weighted by Gasteiger charge is 2.15. The third-order valence-electron chi connectivity index (χ3n) is 4.18. The van der Waals surface area contributed by atoms with Gasteiger partial charge in [-0.2, -0.15) is 4.98 Å². The fourth-order valence-electron chi connectivity index (χ4n) is 2.90. The van der Waals surface area contributed by atoms with Crippen LogP contribution in [0.4, 0.5) is 5.82 Å². The summed E-state index contributed by atoms with van der Waals surface area (Å²) in [5.74, 6) is 2.10. The molecule has 0 bridgehead atoms. The Morgan fingerprint density at radius 2 is 1.96 bits per heavy atom. The average Bonchev–Trinajstić information content (AvgIpc) is 3.15. The van der Waals surface area contributed by atoms with Gasteiger partial charge in [0, 0.05) is 24.2 Å². The summed E-state index contributed by atoms with van der Waals surface area (Å²) in [6, 6.07) is 9.13. The number of aryl methyl sites for hydroxylation is 1. The predicted octanol–water partition coefficient (Wildman–Crippen LogP) is 2.78. The van der Waals surface area contributed by atoms with Crippen molar-refractivity contribution in [1.29, 1.82) is 0 Å². The lowest BCUT2D eigenvalue weighted by Gasteiger charge is -2.17. The van der Waals surface area contributed by atoms with E-state index in [1.807, 2.05) is 25.1 Å². The van der Waals surface area contributed by atoms with Gasteiger partial charge in [0.15, 0.2) is 0 Å². The third kappa shape index (κ3) is 5.33. The summed E-state index contributed by atoms with van der Waals surface area (Å²) in [5.41, 5.74) is 0.925. The Kier molecular flexibility index (Phi) is 6.28. The van der Waals surface area contributed by atoms with E-state index in [2.05, 4.69) is 20.2 Å². The van der Waals surface area contributed by atoms with Crippen molar-refractivity contribution < 1.29 is 9.53 Å². The second-order valence-corrected chi connectivity index (χ2v) is 6.74. The first-order chi connectivity index (χ1) is 12.6. The molecule has 1 aromatic heterocycles. The van der Waals surface area contributed by atoms with E-state index in [0.29, 0.717) is 36.3 Å². The SMILES string of the molecule is Cc1nc(OCCNC(=O)Cc2ccc(Cl)cc2)cc(N2CCCC2)n1. The second kappa shape index (κ2) is 8.85. The molecule has 138 valence electrons. The standard InChI is InChI=1S/C19H23ClN4O2/c1-14-22-17(24-9-2-3-10-24)13-19(23-14)26-11-8-21-18(25)12-15-4-6-16(20)7-5-15/h4-7,13H,2-3,8-12H2,1H3,(H,21,25). The summed E-state index contributed by atoms with van der Waals surface area (Å²) in [6.45, 7) is 4.70. The summed E-state index contributed by atoms with van der Waals surface area (Å²) in [5, 5.41) is 3.51. The molecule has 2 heterocycles. The normalized spacial score (nSPS) is 13.7. The molecule has 1 N–H and O–H groups in total. The van der Waals surface area contributed by atoms with Crippen molar-refractivity contribution in [3.63, 3.8) is 0 Å². The Morgan fingerprint density at radius 3 is 2.69 bits per heavy atom. The van der Waals surface area contributed by atoms with E-state index in [1.165, 1.54) is 12.8 Å². The van der Waals surface area contributed by atoms with E-state index in [0.717, 1.165) is 24.5 Å². The summed E-state index contributed by atoms with van der Waals surface area (Å²) in [7, 11) is 0. The molecule has 1 saturated heterocycles. The number of hydrogen-bond acceptors (Lipinski definition) is 5. The molecule has 2 aromatic rings. The van der Waals surface area contributed by atoms with Crippen LogP contribution in [0.2, 0.25) is 5.02 Å². The number of ether oxygens (including phenoxy) is 1. The molecule has 1 amide bonds. The van der Waals surface area contributed by atoms with E-state index < -0.39 is 0 Å². The van der Waals surface area contributed by atoms with Gasteiger partial charge >= 0.3 is 0 Å². The number of benzene rings is 1. The Bertz CT molecular complexity index is 746. The molecule has 1 aromatic carbocycles. The maximum absolute atomic E-state index is 12.0. The minimum atomic E-state index is -0.0486. The highest BCUT2D eigenvalue weighted by molar-refractivity contribution is 6.30. The number of hydrogen-bond donors (Lipinski definition) is 1. The zero-order valence-corrected chi connectivity index (χ0v) is 15.6. The molecule has 0 aliphatic carbocycles. The van der Waals surface area contributed by atoms with Gasteiger partial charge in [-0.15, -0.1) is 0 Å². The molecular weight excluding hydrogens is 352 g/mol. The molecule has 0 atom stereocenters. The lowest BCUT2D eigenvalue weighted by atomic mass is 10.1. The van der Waals surface area contributed by atoms with E-state index in [4.69, 9.17) is 16.3 Å². The first-order valence-electron chi connectivity index (χ1n) is 8.85. The number of nitrogens with zero attached hydrogens (tertiary/aromatic N) is 3. The van der Waals surface area contributed by atoms with Crippen LogP contribution in [-0.2, 0) is 11.2 Å². The summed E-state index contributed by atoms with van der Waals surface area (Å²) < 4.78 is 5.69. The fraction of sp³-hybridized carbons (Fsp3) is 0.421. The quantitative estimate of drug-likeness (QED) is 0.755. The van der Waals surface area contributed by atoms with Crippen LogP contribution in [0.3, 0.4) is 0 Å². The van der Waals surface area contributed by atoms with Crippen LogP contribution in [0.25, 0.3) is 0 Å². The van der Waals surface area contributed by atoms with Gasteiger partial charge in [-0.05, 0) is 37.5 Å². The molecule has 0 saturated carbocycles. The molecule has 0 unspecified atom stereocenters. The average molecular weight is 375 g/mol. The van der Waals surface area contributed by atoms with E-state index in [-0.39, 0.29) is 5.91 Å². The number of aromatic nitrogens is 2. The molecule has 7 heteroatoms. The van der Waals surface area contributed by atoms with Crippen LogP contribution in [0.5, 0.6) is 5.88 Å². The largest absolute Gasteiger partial charge is 0.476 e. The number of carbonyl (C=O) groups excluding carboxylic acids is 1. The number of nitrogens with one attached hydrogen (secondary N) is 1. The van der Waals surface area contributed by atoms with Crippen molar-refractivity contribution in [1.82, 2.24) is 15.3 Å². The first kappa shape index (κ1) is 18.5. The zero-order valence-electron chi connectivity index (χ0n) is 14.9. The molecule has 6 nitrogen and oxygen atoms in total. The number of anilines is 1. The molecule has 1 aliphatic heterocycles. The third-order valence-corrected chi connectivity index (χ3v) is 4.44. The Morgan fingerprint density at radius 1 is 1.23 bits per heavy atom. The van der Waals surface area contributed by atoms with Gasteiger partial charge in [-0.1, -0.05) is 23.7 Å². The highest BCUT2D eigenvalue weighted by atomic mass is 35.5. The van der Waals surface area contributed by atoms with E-state index in [1.54, 1.807) is 12.1 Å². The number of carbonyl (C=O) groups is 1. The number of halogens is 1. The van der Waals surface area contributed by atoms with Gasteiger partial charge in [0.25, 0.3) is 0 Å². The smallest absolute Gasteiger partial charge is 0.224 e.